The molecule has 15 unspecified atom stereocenters. The van der Waals surface area contributed by atoms with Gasteiger partial charge < -0.3 is 67.0 Å². The summed E-state index contributed by atoms with van der Waals surface area (Å²) in [5.74, 6) is -0.588. The summed E-state index contributed by atoms with van der Waals surface area (Å²) in [6.45, 7) is 5.56. The lowest BCUT2D eigenvalue weighted by Gasteiger charge is -2.49. The highest BCUT2D eigenvalue weighted by Gasteiger charge is 2.49. The van der Waals surface area contributed by atoms with E-state index in [4.69, 9.17) is 36.1 Å². The summed E-state index contributed by atoms with van der Waals surface area (Å²) >= 11 is 0. The van der Waals surface area contributed by atoms with Gasteiger partial charge in [-0.3, -0.25) is 0 Å². The highest BCUT2D eigenvalue weighted by molar-refractivity contribution is 5.00. The Balaban J connectivity index is 1.78. The fraction of sp³-hybridized carbons (Fsp3) is 1.00. The molecule has 1 aliphatic carbocycles. The standard InChI is InChI=1S/C24H48N4O9/c1-4-17-20(33)10(2)19(27)24(34-17)36-21-11(3)22(14(5-13(21)26)28-8-12(30)7-25)37-23-16(32)6-15(31)18(9-29)35-23/h10-24,28-33H,4-9,25-27H2,1-3H3. The van der Waals surface area contributed by atoms with Crippen molar-refractivity contribution in [2.24, 2.45) is 29.0 Å². The second kappa shape index (κ2) is 13.7. The van der Waals surface area contributed by atoms with Crippen molar-refractivity contribution in [2.45, 2.75) is 120 Å². The van der Waals surface area contributed by atoms with Gasteiger partial charge in [-0.2, -0.15) is 0 Å². The van der Waals surface area contributed by atoms with Gasteiger partial charge in [-0.15, -0.1) is 0 Å². The molecule has 0 aromatic carbocycles. The number of aliphatic hydroxyl groups is 5. The van der Waals surface area contributed by atoms with Crippen LogP contribution in [0.25, 0.3) is 0 Å². The van der Waals surface area contributed by atoms with E-state index in [0.29, 0.717) is 12.8 Å². The lowest BCUT2D eigenvalue weighted by molar-refractivity contribution is -0.308. The van der Waals surface area contributed by atoms with E-state index in [1.165, 1.54) is 0 Å². The number of rotatable bonds is 10. The predicted octanol–water partition coefficient (Wildman–Crippen LogP) is -3.31. The van der Waals surface area contributed by atoms with E-state index in [0.717, 1.165) is 0 Å². The molecule has 3 fully saturated rings. The van der Waals surface area contributed by atoms with Crippen molar-refractivity contribution in [1.82, 2.24) is 5.32 Å². The first-order valence-electron chi connectivity index (χ1n) is 13.4. The summed E-state index contributed by atoms with van der Waals surface area (Å²) in [6, 6.07) is -1.35. The van der Waals surface area contributed by atoms with Gasteiger partial charge in [-0.05, 0) is 12.8 Å². The van der Waals surface area contributed by atoms with Gasteiger partial charge in [0, 0.05) is 43.4 Å². The minimum atomic E-state index is -1.11. The first-order valence-corrected chi connectivity index (χ1v) is 13.4. The predicted molar refractivity (Wildman–Crippen MR) is 133 cm³/mol. The third-order valence-electron chi connectivity index (χ3n) is 8.12. The molecule has 3 aliphatic rings. The summed E-state index contributed by atoms with van der Waals surface area (Å²) in [4.78, 5) is 0. The molecule has 13 heteroatoms. The van der Waals surface area contributed by atoms with Crippen LogP contribution in [0.3, 0.4) is 0 Å². The van der Waals surface area contributed by atoms with Gasteiger partial charge in [0.15, 0.2) is 12.6 Å². The van der Waals surface area contributed by atoms with E-state index in [1.807, 2.05) is 20.8 Å². The van der Waals surface area contributed by atoms with Crippen molar-refractivity contribution in [3.05, 3.63) is 0 Å². The first kappa shape index (κ1) is 31.0. The number of hydrogen-bond acceptors (Lipinski definition) is 13. The molecule has 2 saturated heterocycles. The second-order valence-corrected chi connectivity index (χ2v) is 10.8. The summed E-state index contributed by atoms with van der Waals surface area (Å²) in [5.41, 5.74) is 18.5. The lowest BCUT2D eigenvalue weighted by Crippen LogP contribution is -2.65. The average molecular weight is 537 g/mol. The summed E-state index contributed by atoms with van der Waals surface area (Å²) in [6.07, 6.45) is -6.92. The van der Waals surface area contributed by atoms with Gasteiger partial charge >= 0.3 is 0 Å². The molecule has 1 saturated carbocycles. The van der Waals surface area contributed by atoms with Crippen LogP contribution in [-0.2, 0) is 18.9 Å². The Bertz CT molecular complexity index is 695. The fourth-order valence-corrected chi connectivity index (χ4v) is 5.60. The molecule has 3 rings (SSSR count). The zero-order valence-electron chi connectivity index (χ0n) is 22.0. The van der Waals surface area contributed by atoms with Crippen LogP contribution in [0, 0.1) is 11.8 Å². The van der Waals surface area contributed by atoms with Crippen LogP contribution in [0.15, 0.2) is 0 Å². The molecule has 0 spiro atoms. The lowest BCUT2D eigenvalue weighted by atomic mass is 9.78. The minimum absolute atomic E-state index is 0.0101. The maximum Gasteiger partial charge on any atom is 0.184 e. The van der Waals surface area contributed by atoms with Crippen molar-refractivity contribution >= 4 is 0 Å². The second-order valence-electron chi connectivity index (χ2n) is 10.8. The molecule has 37 heavy (non-hydrogen) atoms. The van der Waals surface area contributed by atoms with E-state index in [9.17, 15) is 25.5 Å². The maximum atomic E-state index is 10.6. The molecule has 15 atom stereocenters. The van der Waals surface area contributed by atoms with E-state index in [2.05, 4.69) is 5.32 Å². The van der Waals surface area contributed by atoms with Crippen LogP contribution in [0.2, 0.25) is 0 Å². The van der Waals surface area contributed by atoms with Gasteiger partial charge in [0.25, 0.3) is 0 Å². The van der Waals surface area contributed by atoms with Crippen LogP contribution in [0.4, 0.5) is 0 Å². The third kappa shape index (κ3) is 7.17. The minimum Gasteiger partial charge on any atom is -0.394 e. The zero-order chi connectivity index (χ0) is 27.4. The number of hydrogen-bond donors (Lipinski definition) is 9. The number of ether oxygens (including phenoxy) is 4. The summed E-state index contributed by atoms with van der Waals surface area (Å²) in [7, 11) is 0. The van der Waals surface area contributed by atoms with E-state index >= 15 is 0 Å². The average Bonchev–Trinajstić information content (AvgIpc) is 2.87. The largest absolute Gasteiger partial charge is 0.394 e. The zero-order valence-corrected chi connectivity index (χ0v) is 22.0. The fourth-order valence-electron chi connectivity index (χ4n) is 5.60. The molecule has 0 amide bonds. The normalized spacial score (nSPS) is 48.1. The van der Waals surface area contributed by atoms with Crippen LogP contribution in [0.5, 0.6) is 0 Å². The molecule has 0 radical (unpaired) electrons. The Kier molecular flexibility index (Phi) is 11.5. The molecule has 0 bridgehead atoms. The Morgan fingerprint density at radius 3 is 2.22 bits per heavy atom. The van der Waals surface area contributed by atoms with Gasteiger partial charge in [0.2, 0.25) is 0 Å². The third-order valence-corrected chi connectivity index (χ3v) is 8.12. The van der Waals surface area contributed by atoms with Gasteiger partial charge in [-0.25, -0.2) is 0 Å². The first-order chi connectivity index (χ1) is 17.5. The number of nitrogens with one attached hydrogen (secondary N) is 1. The maximum absolute atomic E-state index is 10.6. The molecule has 2 heterocycles. The van der Waals surface area contributed by atoms with Gasteiger partial charge in [0.05, 0.1) is 49.3 Å². The Hall–Kier alpha value is -0.520. The van der Waals surface area contributed by atoms with Crippen LogP contribution >= 0.6 is 0 Å². The van der Waals surface area contributed by atoms with Crippen LogP contribution in [0.1, 0.15) is 40.0 Å². The monoisotopic (exact) mass is 536 g/mol. The smallest absolute Gasteiger partial charge is 0.184 e. The molecule has 0 aromatic rings. The highest BCUT2D eigenvalue weighted by Crippen LogP contribution is 2.35. The quantitative estimate of drug-likeness (QED) is 0.133. The topological polar surface area (TPSA) is 228 Å². The molecule has 2 aliphatic heterocycles. The molecule has 218 valence electrons. The number of nitrogens with two attached hydrogens (primary N) is 3. The molecule has 13 nitrogen and oxygen atoms in total. The van der Waals surface area contributed by atoms with Crippen LogP contribution < -0.4 is 22.5 Å². The van der Waals surface area contributed by atoms with E-state index in [1.54, 1.807) is 0 Å². The number of aliphatic hydroxyl groups excluding tert-OH is 5. The van der Waals surface area contributed by atoms with E-state index in [-0.39, 0.29) is 37.4 Å². The Morgan fingerprint density at radius 2 is 1.59 bits per heavy atom. The Labute approximate surface area is 218 Å². The molecular weight excluding hydrogens is 488 g/mol. The highest BCUT2D eigenvalue weighted by atomic mass is 16.7. The molecular formula is C24H48N4O9. The van der Waals surface area contributed by atoms with Crippen LogP contribution in [-0.4, -0.2) is 125 Å². The van der Waals surface area contributed by atoms with Crippen molar-refractivity contribution in [3.8, 4) is 0 Å². The molecule has 0 aromatic heterocycles. The van der Waals surface area contributed by atoms with Crippen molar-refractivity contribution in [2.75, 3.05) is 19.7 Å². The van der Waals surface area contributed by atoms with Gasteiger partial charge in [0.1, 0.15) is 12.2 Å². The van der Waals surface area contributed by atoms with Gasteiger partial charge in [-0.1, -0.05) is 20.8 Å². The van der Waals surface area contributed by atoms with E-state index < -0.39 is 80.1 Å². The van der Waals surface area contributed by atoms with Crippen molar-refractivity contribution in [1.29, 1.82) is 0 Å². The molecule has 12 N–H and O–H groups in total. The summed E-state index contributed by atoms with van der Waals surface area (Å²) in [5, 5.41) is 53.9. The summed E-state index contributed by atoms with van der Waals surface area (Å²) < 4.78 is 24.3. The SMILES string of the molecule is CCC1OC(OC2C(N)CC(NCC(O)CN)C(OC3OC(CO)C(O)CC3O)C2C)C(N)C(C)C1O. The Morgan fingerprint density at radius 1 is 0.946 bits per heavy atom. The van der Waals surface area contributed by atoms with Crippen molar-refractivity contribution < 1.29 is 44.5 Å². The van der Waals surface area contributed by atoms with Crippen molar-refractivity contribution in [3.63, 3.8) is 0 Å².